The Morgan fingerprint density at radius 3 is 2.72 bits per heavy atom. The molecule has 2 aromatic heterocycles. The molecule has 124 valence electrons. The second-order valence-corrected chi connectivity index (χ2v) is 5.50. The van der Waals surface area contributed by atoms with Gasteiger partial charge in [-0.15, -0.1) is 0 Å². The predicted octanol–water partition coefficient (Wildman–Crippen LogP) is 3.91. The number of ether oxygens (including phenoxy) is 1. The maximum atomic E-state index is 5.42. The molecular formula is C19H16N4O2. The average molecular weight is 332 g/mol. The molecule has 0 spiro atoms. The van der Waals surface area contributed by atoms with Gasteiger partial charge >= 0.3 is 0 Å². The zero-order chi connectivity index (χ0) is 17.1. The molecule has 0 aliphatic rings. The summed E-state index contributed by atoms with van der Waals surface area (Å²) in [4.78, 5) is 8.57. The summed E-state index contributed by atoms with van der Waals surface area (Å²) in [5.41, 5.74) is 2.66. The van der Waals surface area contributed by atoms with Crippen LogP contribution in [-0.2, 0) is 6.54 Å². The second-order valence-electron chi connectivity index (χ2n) is 5.50. The first-order valence-corrected chi connectivity index (χ1v) is 7.87. The van der Waals surface area contributed by atoms with Crippen molar-refractivity contribution >= 4 is 16.7 Å². The molecule has 4 aromatic rings. The monoisotopic (exact) mass is 332 g/mol. The summed E-state index contributed by atoms with van der Waals surface area (Å²) in [6.07, 6.45) is 1.55. The van der Waals surface area contributed by atoms with Gasteiger partial charge in [0.15, 0.2) is 5.76 Å². The maximum absolute atomic E-state index is 5.42. The van der Waals surface area contributed by atoms with E-state index < -0.39 is 0 Å². The predicted molar refractivity (Wildman–Crippen MR) is 95.4 cm³/mol. The Hall–Kier alpha value is -3.41. The Kier molecular flexibility index (Phi) is 4.00. The van der Waals surface area contributed by atoms with E-state index in [1.807, 2.05) is 54.6 Å². The average Bonchev–Trinajstić information content (AvgIpc) is 3.15. The maximum Gasteiger partial charge on any atom is 0.156 e. The molecule has 0 radical (unpaired) electrons. The van der Waals surface area contributed by atoms with Crippen molar-refractivity contribution in [2.24, 2.45) is 0 Å². The summed E-state index contributed by atoms with van der Waals surface area (Å²) < 4.78 is 10.6. The molecule has 0 bridgehead atoms. The minimum absolute atomic E-state index is 0.490. The molecule has 25 heavy (non-hydrogen) atoms. The van der Waals surface area contributed by atoms with Gasteiger partial charge < -0.3 is 14.6 Å². The molecule has 0 atom stereocenters. The molecule has 0 saturated heterocycles. The summed E-state index contributed by atoms with van der Waals surface area (Å²) in [7, 11) is 1.64. The van der Waals surface area contributed by atoms with Gasteiger partial charge in [-0.25, -0.2) is 9.97 Å². The van der Waals surface area contributed by atoms with E-state index in [0.29, 0.717) is 6.54 Å². The summed E-state index contributed by atoms with van der Waals surface area (Å²) in [6.45, 7) is 0.490. The number of hydrogen-bond donors (Lipinski definition) is 1. The molecule has 6 heteroatoms. The highest BCUT2D eigenvalue weighted by atomic mass is 16.5. The van der Waals surface area contributed by atoms with Crippen LogP contribution in [0.4, 0.5) is 5.82 Å². The first kappa shape index (κ1) is 15.1. The summed E-state index contributed by atoms with van der Waals surface area (Å²) in [5.74, 6) is 2.31. The van der Waals surface area contributed by atoms with Gasteiger partial charge in [0.25, 0.3) is 0 Å². The lowest BCUT2D eigenvalue weighted by Gasteiger charge is -2.05. The van der Waals surface area contributed by atoms with E-state index in [-0.39, 0.29) is 0 Å². The number of methoxy groups -OCH3 is 1. The van der Waals surface area contributed by atoms with Crippen LogP contribution in [0.25, 0.3) is 22.2 Å². The number of nitrogens with one attached hydrogen (secondary N) is 1. The molecule has 0 saturated carbocycles. The number of fused-ring (bicyclic) bond motifs is 1. The number of anilines is 1. The van der Waals surface area contributed by atoms with Crippen molar-refractivity contribution in [3.8, 4) is 17.0 Å². The number of hydrogen-bond acceptors (Lipinski definition) is 6. The third kappa shape index (κ3) is 3.14. The van der Waals surface area contributed by atoms with Crippen LogP contribution in [0.15, 0.2) is 65.4 Å². The van der Waals surface area contributed by atoms with Gasteiger partial charge in [-0.3, -0.25) is 0 Å². The molecular weight excluding hydrogens is 316 g/mol. The molecule has 0 amide bonds. The van der Waals surface area contributed by atoms with Crippen LogP contribution in [0, 0.1) is 0 Å². The summed E-state index contributed by atoms with van der Waals surface area (Å²) in [5, 5.41) is 8.38. The van der Waals surface area contributed by atoms with Crippen LogP contribution in [0.2, 0.25) is 0 Å². The van der Waals surface area contributed by atoms with Gasteiger partial charge in [-0.05, 0) is 36.4 Å². The normalized spacial score (nSPS) is 10.8. The summed E-state index contributed by atoms with van der Waals surface area (Å²) >= 11 is 0. The van der Waals surface area contributed by atoms with Crippen molar-refractivity contribution in [1.82, 2.24) is 15.1 Å². The Bertz CT molecular complexity index is 990. The van der Waals surface area contributed by atoms with Crippen molar-refractivity contribution in [2.45, 2.75) is 6.54 Å². The van der Waals surface area contributed by atoms with Gasteiger partial charge in [0, 0.05) is 17.0 Å². The Morgan fingerprint density at radius 1 is 1.04 bits per heavy atom. The van der Waals surface area contributed by atoms with E-state index in [2.05, 4.69) is 20.4 Å². The third-order valence-corrected chi connectivity index (χ3v) is 3.92. The van der Waals surface area contributed by atoms with Gasteiger partial charge in [0.2, 0.25) is 0 Å². The number of rotatable bonds is 5. The van der Waals surface area contributed by atoms with E-state index in [1.165, 1.54) is 0 Å². The standard InChI is InChI=1S/C19H16N4O2/c1-24-14-8-6-13(7-9-14)18-10-15(25-23-18)11-20-19-16-4-2-3-5-17(16)21-12-22-19/h2-10,12H,11H2,1H3,(H,20,21,22). The molecule has 2 aromatic carbocycles. The quantitative estimate of drug-likeness (QED) is 0.597. The van der Waals surface area contributed by atoms with Crippen molar-refractivity contribution in [3.05, 3.63) is 66.7 Å². The molecule has 0 aliphatic carbocycles. The largest absolute Gasteiger partial charge is 0.497 e. The molecule has 6 nitrogen and oxygen atoms in total. The topological polar surface area (TPSA) is 73.1 Å². The highest BCUT2D eigenvalue weighted by molar-refractivity contribution is 5.88. The zero-order valence-electron chi connectivity index (χ0n) is 13.6. The fraction of sp³-hybridized carbons (Fsp3) is 0.105. The van der Waals surface area contributed by atoms with Crippen LogP contribution in [-0.4, -0.2) is 22.2 Å². The molecule has 0 unspecified atom stereocenters. The van der Waals surface area contributed by atoms with Crippen LogP contribution in [0.5, 0.6) is 5.75 Å². The van der Waals surface area contributed by atoms with Gasteiger partial charge in [-0.2, -0.15) is 0 Å². The van der Waals surface area contributed by atoms with Crippen molar-refractivity contribution in [2.75, 3.05) is 12.4 Å². The van der Waals surface area contributed by atoms with E-state index in [9.17, 15) is 0 Å². The number of nitrogens with zero attached hydrogens (tertiary/aromatic N) is 3. The SMILES string of the molecule is COc1ccc(-c2cc(CNc3ncnc4ccccc34)on2)cc1. The third-order valence-electron chi connectivity index (χ3n) is 3.92. The van der Waals surface area contributed by atoms with E-state index in [0.717, 1.165) is 39.5 Å². The van der Waals surface area contributed by atoms with Gasteiger partial charge in [0.05, 0.1) is 19.2 Å². The molecule has 4 rings (SSSR count). The Labute approximate surface area is 144 Å². The molecule has 1 N–H and O–H groups in total. The lowest BCUT2D eigenvalue weighted by Crippen LogP contribution is -2.01. The zero-order valence-corrected chi connectivity index (χ0v) is 13.6. The first-order chi connectivity index (χ1) is 12.3. The van der Waals surface area contributed by atoms with Crippen LogP contribution < -0.4 is 10.1 Å². The smallest absolute Gasteiger partial charge is 0.156 e. The fourth-order valence-corrected chi connectivity index (χ4v) is 2.61. The van der Waals surface area contributed by atoms with Crippen molar-refractivity contribution in [1.29, 1.82) is 0 Å². The van der Waals surface area contributed by atoms with Crippen LogP contribution in [0.3, 0.4) is 0 Å². The lowest BCUT2D eigenvalue weighted by molar-refractivity contribution is 0.390. The van der Waals surface area contributed by atoms with E-state index in [1.54, 1.807) is 13.4 Å². The fourth-order valence-electron chi connectivity index (χ4n) is 2.61. The minimum atomic E-state index is 0.490. The minimum Gasteiger partial charge on any atom is -0.497 e. The van der Waals surface area contributed by atoms with Crippen molar-refractivity contribution < 1.29 is 9.26 Å². The Balaban J connectivity index is 1.51. The molecule has 2 heterocycles. The first-order valence-electron chi connectivity index (χ1n) is 7.87. The highest BCUT2D eigenvalue weighted by Gasteiger charge is 2.08. The van der Waals surface area contributed by atoms with Gasteiger partial charge in [0.1, 0.15) is 23.6 Å². The highest BCUT2D eigenvalue weighted by Crippen LogP contribution is 2.23. The van der Waals surface area contributed by atoms with Crippen LogP contribution in [0.1, 0.15) is 5.76 Å². The molecule has 0 fully saturated rings. The number of para-hydroxylation sites is 1. The lowest BCUT2D eigenvalue weighted by atomic mass is 10.1. The van der Waals surface area contributed by atoms with Gasteiger partial charge in [-0.1, -0.05) is 17.3 Å². The second kappa shape index (κ2) is 6.60. The molecule has 0 aliphatic heterocycles. The van der Waals surface area contributed by atoms with Crippen molar-refractivity contribution in [3.63, 3.8) is 0 Å². The number of benzene rings is 2. The van der Waals surface area contributed by atoms with E-state index in [4.69, 9.17) is 9.26 Å². The summed E-state index contributed by atoms with van der Waals surface area (Å²) in [6, 6.07) is 17.5. The van der Waals surface area contributed by atoms with E-state index >= 15 is 0 Å². The number of aromatic nitrogens is 3. The van der Waals surface area contributed by atoms with Crippen LogP contribution >= 0.6 is 0 Å². The Morgan fingerprint density at radius 2 is 1.88 bits per heavy atom.